The summed E-state index contributed by atoms with van der Waals surface area (Å²) in [4.78, 5) is 10.8. The van der Waals surface area contributed by atoms with Gasteiger partial charge in [-0.3, -0.25) is 5.21 Å². The molecule has 1 aliphatic rings. The molecule has 1 aliphatic carbocycles. The van der Waals surface area contributed by atoms with Crippen LogP contribution in [0.1, 0.15) is 24.8 Å². The quantitative estimate of drug-likeness (QED) is 0.591. The Bertz CT molecular complexity index is 380. The number of carbonyl (C=O) groups excluding carboxylic acids is 1. The fraction of sp³-hybridized carbons (Fsp3) is 0.417. The molecular formula is C12H16N2O2. The number of benzene rings is 1. The lowest BCUT2D eigenvalue weighted by atomic mass is 9.67. The van der Waals surface area contributed by atoms with Crippen LogP contribution in [0.15, 0.2) is 30.3 Å². The van der Waals surface area contributed by atoms with Gasteiger partial charge in [-0.1, -0.05) is 37.3 Å². The molecule has 86 valence electrons. The highest BCUT2D eigenvalue weighted by Crippen LogP contribution is 2.44. The third-order valence-electron chi connectivity index (χ3n) is 3.50. The first-order chi connectivity index (χ1) is 7.61. The third-order valence-corrected chi connectivity index (χ3v) is 3.50. The average Bonchev–Trinajstić information content (AvgIpc) is 2.28. The van der Waals surface area contributed by atoms with E-state index < -0.39 is 6.03 Å². The first-order valence-electron chi connectivity index (χ1n) is 5.43. The SMILES string of the molecule is C[C@H]1[C@H](N(O)C(N)=O)C[C@H]1c1ccccc1. The van der Waals surface area contributed by atoms with Gasteiger partial charge in [0.15, 0.2) is 0 Å². The molecule has 1 fully saturated rings. The lowest BCUT2D eigenvalue weighted by Crippen LogP contribution is -2.52. The largest absolute Gasteiger partial charge is 0.350 e. The summed E-state index contributed by atoms with van der Waals surface area (Å²) in [5.41, 5.74) is 6.28. The molecule has 16 heavy (non-hydrogen) atoms. The molecule has 4 nitrogen and oxygen atoms in total. The second kappa shape index (κ2) is 4.14. The lowest BCUT2D eigenvalue weighted by molar-refractivity contribution is -0.123. The molecule has 0 radical (unpaired) electrons. The van der Waals surface area contributed by atoms with Crippen LogP contribution in [0.2, 0.25) is 0 Å². The Morgan fingerprint density at radius 3 is 2.56 bits per heavy atom. The van der Waals surface area contributed by atoms with Crippen molar-refractivity contribution in [2.24, 2.45) is 11.7 Å². The minimum Gasteiger partial charge on any atom is -0.350 e. The summed E-state index contributed by atoms with van der Waals surface area (Å²) in [6.45, 7) is 2.03. The van der Waals surface area contributed by atoms with E-state index in [9.17, 15) is 10.0 Å². The molecule has 3 N–H and O–H groups in total. The van der Waals surface area contributed by atoms with E-state index in [1.54, 1.807) is 0 Å². The zero-order valence-electron chi connectivity index (χ0n) is 9.21. The molecule has 1 saturated carbocycles. The highest BCUT2D eigenvalue weighted by Gasteiger charge is 2.43. The van der Waals surface area contributed by atoms with Crippen LogP contribution >= 0.6 is 0 Å². The molecule has 2 rings (SSSR count). The summed E-state index contributed by atoms with van der Waals surface area (Å²) >= 11 is 0. The number of nitrogens with two attached hydrogens (primary N) is 1. The number of primary amides is 1. The van der Waals surface area contributed by atoms with Gasteiger partial charge in [0, 0.05) is 0 Å². The van der Waals surface area contributed by atoms with Crippen molar-refractivity contribution >= 4 is 6.03 Å². The van der Waals surface area contributed by atoms with Crippen LogP contribution in [-0.4, -0.2) is 22.3 Å². The van der Waals surface area contributed by atoms with E-state index in [0.717, 1.165) is 6.42 Å². The first-order valence-corrected chi connectivity index (χ1v) is 5.43. The molecule has 4 heteroatoms. The summed E-state index contributed by atoms with van der Waals surface area (Å²) in [6, 6.07) is 9.20. The average molecular weight is 220 g/mol. The van der Waals surface area contributed by atoms with E-state index in [1.165, 1.54) is 5.56 Å². The maximum atomic E-state index is 10.8. The zero-order valence-corrected chi connectivity index (χ0v) is 9.21. The molecule has 0 saturated heterocycles. The van der Waals surface area contributed by atoms with Crippen LogP contribution in [-0.2, 0) is 0 Å². The van der Waals surface area contributed by atoms with Gasteiger partial charge in [0.05, 0.1) is 6.04 Å². The van der Waals surface area contributed by atoms with Crippen molar-refractivity contribution in [3.05, 3.63) is 35.9 Å². The van der Waals surface area contributed by atoms with Crippen molar-refractivity contribution in [2.45, 2.75) is 25.3 Å². The van der Waals surface area contributed by atoms with Crippen molar-refractivity contribution in [3.8, 4) is 0 Å². The van der Waals surface area contributed by atoms with E-state index in [1.807, 2.05) is 25.1 Å². The zero-order chi connectivity index (χ0) is 11.7. The Labute approximate surface area is 94.6 Å². The summed E-state index contributed by atoms with van der Waals surface area (Å²) in [7, 11) is 0. The maximum absolute atomic E-state index is 10.8. The van der Waals surface area contributed by atoms with E-state index in [0.29, 0.717) is 11.0 Å². The highest BCUT2D eigenvalue weighted by molar-refractivity contribution is 5.71. The molecule has 0 heterocycles. The van der Waals surface area contributed by atoms with Crippen LogP contribution in [0.3, 0.4) is 0 Å². The molecule has 3 atom stereocenters. The third kappa shape index (κ3) is 1.76. The molecule has 2 amide bonds. The highest BCUT2D eigenvalue weighted by atomic mass is 16.5. The number of hydrogen-bond acceptors (Lipinski definition) is 2. The number of amides is 2. The molecular weight excluding hydrogens is 204 g/mol. The number of urea groups is 1. The first kappa shape index (κ1) is 11.0. The van der Waals surface area contributed by atoms with Gasteiger partial charge in [-0.15, -0.1) is 0 Å². The fourth-order valence-electron chi connectivity index (χ4n) is 2.39. The second-order valence-corrected chi connectivity index (χ2v) is 4.36. The van der Waals surface area contributed by atoms with Crippen molar-refractivity contribution in [2.75, 3.05) is 0 Å². The molecule has 1 aromatic carbocycles. The van der Waals surface area contributed by atoms with E-state index >= 15 is 0 Å². The maximum Gasteiger partial charge on any atom is 0.338 e. The Morgan fingerprint density at radius 1 is 1.44 bits per heavy atom. The Morgan fingerprint density at radius 2 is 2.06 bits per heavy atom. The van der Waals surface area contributed by atoms with Crippen LogP contribution in [0.25, 0.3) is 0 Å². The molecule has 0 spiro atoms. The van der Waals surface area contributed by atoms with Gasteiger partial charge < -0.3 is 5.73 Å². The van der Waals surface area contributed by atoms with Gasteiger partial charge in [-0.05, 0) is 23.8 Å². The summed E-state index contributed by atoms with van der Waals surface area (Å²) in [6.07, 6.45) is 0.768. The summed E-state index contributed by atoms with van der Waals surface area (Å²) < 4.78 is 0. The Balaban J connectivity index is 2.03. The number of rotatable bonds is 2. The van der Waals surface area contributed by atoms with Gasteiger partial charge >= 0.3 is 6.03 Å². The predicted molar refractivity (Wildman–Crippen MR) is 60.0 cm³/mol. The van der Waals surface area contributed by atoms with Crippen molar-refractivity contribution in [1.82, 2.24) is 5.06 Å². The molecule has 1 aromatic rings. The van der Waals surface area contributed by atoms with Gasteiger partial charge in [-0.25, -0.2) is 9.86 Å². The second-order valence-electron chi connectivity index (χ2n) is 4.36. The number of nitrogens with zero attached hydrogens (tertiary/aromatic N) is 1. The topological polar surface area (TPSA) is 66.6 Å². The van der Waals surface area contributed by atoms with Crippen LogP contribution < -0.4 is 5.73 Å². The summed E-state index contributed by atoms with van der Waals surface area (Å²) in [5.74, 6) is 0.639. The lowest BCUT2D eigenvalue weighted by Gasteiger charge is -2.45. The van der Waals surface area contributed by atoms with E-state index in [4.69, 9.17) is 5.73 Å². The van der Waals surface area contributed by atoms with Crippen molar-refractivity contribution in [3.63, 3.8) is 0 Å². The Kier molecular flexibility index (Phi) is 2.83. The van der Waals surface area contributed by atoms with Gasteiger partial charge in [0.25, 0.3) is 0 Å². The minimum atomic E-state index is -0.775. The molecule has 0 aromatic heterocycles. The summed E-state index contributed by atoms with van der Waals surface area (Å²) in [5, 5.41) is 10.1. The van der Waals surface area contributed by atoms with E-state index in [-0.39, 0.29) is 12.0 Å². The number of carbonyl (C=O) groups is 1. The number of hydroxylamine groups is 2. The number of hydrogen-bond donors (Lipinski definition) is 2. The smallest absolute Gasteiger partial charge is 0.338 e. The van der Waals surface area contributed by atoms with Gasteiger partial charge in [-0.2, -0.15) is 0 Å². The van der Waals surface area contributed by atoms with Crippen molar-refractivity contribution in [1.29, 1.82) is 0 Å². The van der Waals surface area contributed by atoms with Crippen LogP contribution in [0, 0.1) is 5.92 Å². The van der Waals surface area contributed by atoms with Gasteiger partial charge in [0.2, 0.25) is 0 Å². The predicted octanol–water partition coefficient (Wildman–Crippen LogP) is 1.95. The minimum absolute atomic E-state index is 0.150. The normalized spacial score (nSPS) is 28.2. The molecule has 0 unspecified atom stereocenters. The molecule has 0 aliphatic heterocycles. The fourth-order valence-corrected chi connectivity index (χ4v) is 2.39. The Hall–Kier alpha value is -1.55. The monoisotopic (exact) mass is 220 g/mol. The van der Waals surface area contributed by atoms with Crippen molar-refractivity contribution < 1.29 is 10.0 Å². The standard InChI is InChI=1S/C12H16N2O2/c1-8-10(9-5-3-2-4-6-9)7-11(8)14(16)12(13)15/h2-6,8,10-11,16H,7H2,1H3,(H2,13,15)/t8-,10-,11-/m1/s1. The molecule has 0 bridgehead atoms. The van der Waals surface area contributed by atoms with E-state index in [2.05, 4.69) is 12.1 Å². The van der Waals surface area contributed by atoms with Crippen LogP contribution in [0.5, 0.6) is 0 Å². The van der Waals surface area contributed by atoms with Gasteiger partial charge in [0.1, 0.15) is 0 Å². The van der Waals surface area contributed by atoms with Crippen LogP contribution in [0.4, 0.5) is 4.79 Å².